The van der Waals surface area contributed by atoms with E-state index in [0.29, 0.717) is 34.1 Å². The second-order valence-corrected chi connectivity index (χ2v) is 16.9. The summed E-state index contributed by atoms with van der Waals surface area (Å²) in [7, 11) is 0. The van der Waals surface area contributed by atoms with E-state index >= 15 is 0 Å². The molecule has 3 heterocycles. The Morgan fingerprint density at radius 3 is 2.33 bits per heavy atom. The van der Waals surface area contributed by atoms with Crippen LogP contribution in [0.2, 0.25) is 5.02 Å². The number of fused-ring (bicyclic) bond motifs is 1. The highest BCUT2D eigenvalue weighted by atomic mass is 35.5. The Bertz CT molecular complexity index is 2120. The van der Waals surface area contributed by atoms with Gasteiger partial charge >= 0.3 is 0 Å². The third-order valence-electron chi connectivity index (χ3n) is 12.0. The Hall–Kier alpha value is -5.45. The fourth-order valence-electron chi connectivity index (χ4n) is 9.21. The predicted octanol–water partition coefficient (Wildman–Crippen LogP) is 5.24. The van der Waals surface area contributed by atoms with E-state index in [4.69, 9.17) is 16.3 Å². The molecule has 0 bridgehead atoms. The molecule has 3 aliphatic heterocycles. The maximum absolute atomic E-state index is 13.5. The van der Waals surface area contributed by atoms with Crippen LogP contribution in [0.5, 0.6) is 5.75 Å². The Morgan fingerprint density at radius 2 is 1.67 bits per heavy atom. The molecule has 0 aromatic heterocycles. The van der Waals surface area contributed by atoms with Crippen LogP contribution in [-0.4, -0.2) is 96.8 Å². The van der Waals surface area contributed by atoms with Crippen molar-refractivity contribution in [3.05, 3.63) is 87.9 Å². The normalized spacial score (nSPS) is 22.6. The summed E-state index contributed by atoms with van der Waals surface area (Å²) in [6.45, 7) is 13.5. The molecule has 0 radical (unpaired) electrons. The molecule has 2 saturated heterocycles. The lowest BCUT2D eigenvalue weighted by Crippen LogP contribution is -2.74. The Kier molecular flexibility index (Phi) is 11.0. The van der Waals surface area contributed by atoms with E-state index in [0.717, 1.165) is 56.2 Å². The number of nitrogens with one attached hydrogen (secondary N) is 3. The van der Waals surface area contributed by atoms with Gasteiger partial charge in [-0.25, -0.2) is 0 Å². The summed E-state index contributed by atoms with van der Waals surface area (Å²) in [6.07, 6.45) is 1.83. The molecular weight excluding hydrogens is 746 g/mol. The quantitative estimate of drug-likeness (QED) is 0.163. The molecule has 5 amide bonds. The predicted molar refractivity (Wildman–Crippen MR) is 215 cm³/mol. The van der Waals surface area contributed by atoms with Crippen LogP contribution >= 0.6 is 11.6 Å². The van der Waals surface area contributed by atoms with Crippen LogP contribution in [0.1, 0.15) is 90.0 Å². The molecule has 3 aromatic carbocycles. The van der Waals surface area contributed by atoms with Crippen LogP contribution in [0.25, 0.3) is 0 Å². The average molecular weight is 794 g/mol. The molecule has 298 valence electrons. The van der Waals surface area contributed by atoms with Gasteiger partial charge in [-0.15, -0.1) is 0 Å². The van der Waals surface area contributed by atoms with Crippen molar-refractivity contribution >= 4 is 52.5 Å². The van der Waals surface area contributed by atoms with Crippen LogP contribution in [0.15, 0.2) is 60.7 Å². The molecule has 0 spiro atoms. The molecule has 14 heteroatoms. The number of amides is 5. The number of carbonyl (C=O) groups is 5. The number of imide groups is 2. The van der Waals surface area contributed by atoms with E-state index in [1.165, 1.54) is 0 Å². The summed E-state index contributed by atoms with van der Waals surface area (Å²) in [4.78, 5) is 69.7. The van der Waals surface area contributed by atoms with Gasteiger partial charge in [-0.1, -0.05) is 45.4 Å². The highest BCUT2D eigenvalue weighted by molar-refractivity contribution is 6.31. The SMILES string of the molecule is CC1(C)C(NC(=O)c2ccc(N3CCN(CCCCNc4cccc5c4C(=O)N(C4CCC(=O)NC4=O)C5=O)CC3)cc2)C(C)(C)C1Oc1ccc(C#N)c(Cl)c1. The highest BCUT2D eigenvalue weighted by Crippen LogP contribution is 2.55. The number of rotatable bonds is 12. The Labute approximate surface area is 337 Å². The second kappa shape index (κ2) is 15.8. The van der Waals surface area contributed by atoms with Crippen molar-refractivity contribution in [1.82, 2.24) is 20.4 Å². The fourth-order valence-corrected chi connectivity index (χ4v) is 9.42. The van der Waals surface area contributed by atoms with Gasteiger partial charge in [-0.05, 0) is 74.3 Å². The number of unbranched alkanes of at least 4 members (excludes halogenated alkanes) is 1. The summed E-state index contributed by atoms with van der Waals surface area (Å²) in [6, 6.07) is 18.9. The average Bonchev–Trinajstić information content (AvgIpc) is 3.45. The lowest BCUT2D eigenvalue weighted by Gasteiger charge is -2.63. The van der Waals surface area contributed by atoms with Crippen LogP contribution < -0.4 is 25.6 Å². The zero-order valence-corrected chi connectivity index (χ0v) is 33.4. The molecular formula is C43H48ClN7O6. The van der Waals surface area contributed by atoms with Gasteiger partial charge in [-0.3, -0.25) is 39.1 Å². The number of anilines is 2. The number of benzene rings is 3. The first-order valence-electron chi connectivity index (χ1n) is 19.5. The summed E-state index contributed by atoms with van der Waals surface area (Å²) >= 11 is 6.24. The molecule has 3 aromatic rings. The van der Waals surface area contributed by atoms with E-state index in [1.54, 1.807) is 36.4 Å². The molecule has 3 N–H and O–H groups in total. The maximum atomic E-state index is 13.5. The first-order chi connectivity index (χ1) is 27.2. The zero-order chi connectivity index (χ0) is 40.6. The van der Waals surface area contributed by atoms with Gasteiger partial charge in [0.1, 0.15) is 24.0 Å². The van der Waals surface area contributed by atoms with Gasteiger partial charge in [0.25, 0.3) is 17.7 Å². The molecule has 13 nitrogen and oxygen atoms in total. The minimum Gasteiger partial charge on any atom is -0.489 e. The van der Waals surface area contributed by atoms with E-state index in [-0.39, 0.29) is 52.9 Å². The van der Waals surface area contributed by atoms with Crippen molar-refractivity contribution in [2.24, 2.45) is 10.8 Å². The number of carbonyl (C=O) groups excluding carboxylic acids is 5. The molecule has 1 unspecified atom stereocenters. The van der Waals surface area contributed by atoms with Crippen molar-refractivity contribution in [3.63, 3.8) is 0 Å². The number of hydrogen-bond acceptors (Lipinski definition) is 10. The smallest absolute Gasteiger partial charge is 0.264 e. The van der Waals surface area contributed by atoms with Crippen molar-refractivity contribution in [3.8, 4) is 11.8 Å². The van der Waals surface area contributed by atoms with Gasteiger partial charge in [-0.2, -0.15) is 5.26 Å². The number of piperidine rings is 1. The van der Waals surface area contributed by atoms with Gasteiger partial charge in [0.15, 0.2) is 0 Å². The molecule has 4 aliphatic rings. The van der Waals surface area contributed by atoms with Gasteiger partial charge in [0, 0.05) is 79.0 Å². The molecule has 57 heavy (non-hydrogen) atoms. The fraction of sp³-hybridized carbons (Fsp3) is 0.442. The molecule has 3 fully saturated rings. The summed E-state index contributed by atoms with van der Waals surface area (Å²) < 4.78 is 6.37. The Balaban J connectivity index is 0.842. The Morgan fingerprint density at radius 1 is 0.947 bits per heavy atom. The molecule has 7 rings (SSSR count). The van der Waals surface area contributed by atoms with Gasteiger partial charge in [0.05, 0.1) is 21.7 Å². The lowest BCUT2D eigenvalue weighted by atomic mass is 9.49. The van der Waals surface area contributed by atoms with E-state index < -0.39 is 29.7 Å². The van der Waals surface area contributed by atoms with E-state index in [9.17, 15) is 29.2 Å². The summed E-state index contributed by atoms with van der Waals surface area (Å²) in [5.41, 5.74) is 2.46. The molecule has 1 atom stereocenters. The van der Waals surface area contributed by atoms with Crippen molar-refractivity contribution in [2.45, 2.75) is 71.6 Å². The number of ether oxygens (including phenoxy) is 1. The first-order valence-corrected chi connectivity index (χ1v) is 19.9. The molecule has 1 aliphatic carbocycles. The number of nitriles is 1. The zero-order valence-electron chi connectivity index (χ0n) is 32.7. The van der Waals surface area contributed by atoms with E-state index in [1.807, 2.05) is 24.3 Å². The number of piperazine rings is 1. The topological polar surface area (TPSA) is 164 Å². The summed E-state index contributed by atoms with van der Waals surface area (Å²) in [5.74, 6) is -1.59. The number of halogens is 1. The van der Waals surface area contributed by atoms with Crippen LogP contribution in [0, 0.1) is 22.2 Å². The highest BCUT2D eigenvalue weighted by Gasteiger charge is 2.64. The van der Waals surface area contributed by atoms with Crippen LogP contribution in [0.3, 0.4) is 0 Å². The first kappa shape index (κ1) is 39.8. The maximum Gasteiger partial charge on any atom is 0.264 e. The number of hydrogen-bond donors (Lipinski definition) is 3. The van der Waals surface area contributed by atoms with Crippen molar-refractivity contribution < 1.29 is 28.7 Å². The third-order valence-corrected chi connectivity index (χ3v) is 12.3. The number of nitrogens with zero attached hydrogens (tertiary/aromatic N) is 4. The monoisotopic (exact) mass is 793 g/mol. The third kappa shape index (κ3) is 7.68. The largest absolute Gasteiger partial charge is 0.489 e. The lowest BCUT2D eigenvalue weighted by molar-refractivity contribution is -0.164. The van der Waals surface area contributed by atoms with Crippen molar-refractivity contribution in [1.29, 1.82) is 5.26 Å². The minimum atomic E-state index is -0.993. The van der Waals surface area contributed by atoms with Crippen molar-refractivity contribution in [2.75, 3.05) is 49.5 Å². The van der Waals surface area contributed by atoms with Gasteiger partial charge < -0.3 is 20.3 Å². The summed E-state index contributed by atoms with van der Waals surface area (Å²) in [5, 5.41) is 18.4. The van der Waals surface area contributed by atoms with Gasteiger partial charge in [0.2, 0.25) is 11.8 Å². The van der Waals surface area contributed by atoms with Crippen LogP contribution in [0.4, 0.5) is 11.4 Å². The second-order valence-electron chi connectivity index (χ2n) is 16.5. The minimum absolute atomic E-state index is 0.0789. The molecule has 1 saturated carbocycles. The van der Waals surface area contributed by atoms with Crippen LogP contribution in [-0.2, 0) is 9.59 Å². The standard InChI is InChI=1S/C43H48ClN7O6/c1-42(2)40(43(3,4)41(42)57-29-15-12-27(25-45)31(44)24-29)48-36(53)26-10-13-28(14-11-26)50-22-20-49(21-23-50)19-6-5-18-46-32-9-7-8-30-35(32)39(56)51(38(30)55)33-16-17-34(52)47-37(33)54/h7-15,24,33,40-41,46H,5-6,16-23H2,1-4H3,(H,48,53)(H,47,52,54). The van der Waals surface area contributed by atoms with E-state index in [2.05, 4.69) is 59.5 Å².